The number of nitrogens with two attached hydrogens (primary N) is 2. The number of rotatable bonds is 2. The highest BCUT2D eigenvalue weighted by atomic mass is 16.4. The summed E-state index contributed by atoms with van der Waals surface area (Å²) in [6.45, 7) is 6.79. The number of carboxylic acids is 1. The smallest absolute Gasteiger partial charge is 0.300 e. The van der Waals surface area contributed by atoms with Gasteiger partial charge in [-0.25, -0.2) is 0 Å². The number of hydrazone groups is 1. The SMILES string of the molecule is CC(=O)O.CCN(CC)C(N)=NN. The van der Waals surface area contributed by atoms with E-state index < -0.39 is 5.97 Å². The summed E-state index contributed by atoms with van der Waals surface area (Å²) >= 11 is 0. The first-order valence-corrected chi connectivity index (χ1v) is 3.97. The third-order valence-electron chi connectivity index (χ3n) is 1.22. The molecule has 6 nitrogen and oxygen atoms in total. The fourth-order valence-corrected chi connectivity index (χ4v) is 0.629. The molecule has 0 unspecified atom stereocenters. The van der Waals surface area contributed by atoms with E-state index in [0.29, 0.717) is 5.96 Å². The fourth-order valence-electron chi connectivity index (χ4n) is 0.629. The van der Waals surface area contributed by atoms with Gasteiger partial charge in [0.05, 0.1) is 0 Å². The molecular weight excluding hydrogens is 172 g/mol. The molecule has 0 spiro atoms. The molecule has 0 aliphatic heterocycles. The maximum absolute atomic E-state index is 9.00. The van der Waals surface area contributed by atoms with Crippen molar-refractivity contribution < 1.29 is 9.90 Å². The van der Waals surface area contributed by atoms with Gasteiger partial charge in [-0.3, -0.25) is 4.79 Å². The Bertz CT molecular complexity index is 162. The zero-order chi connectivity index (χ0) is 10.9. The van der Waals surface area contributed by atoms with E-state index in [1.165, 1.54) is 0 Å². The summed E-state index contributed by atoms with van der Waals surface area (Å²) in [6, 6.07) is 0. The first-order valence-electron chi connectivity index (χ1n) is 3.97. The lowest BCUT2D eigenvalue weighted by molar-refractivity contribution is -0.134. The van der Waals surface area contributed by atoms with Gasteiger partial charge >= 0.3 is 0 Å². The van der Waals surface area contributed by atoms with Crippen LogP contribution in [0.4, 0.5) is 0 Å². The minimum absolute atomic E-state index is 0.403. The predicted octanol–water partition coefficient (Wildman–Crippen LogP) is -0.392. The normalized spacial score (nSPS) is 9.92. The van der Waals surface area contributed by atoms with Crippen molar-refractivity contribution in [2.45, 2.75) is 20.8 Å². The van der Waals surface area contributed by atoms with Gasteiger partial charge in [0.1, 0.15) is 0 Å². The molecule has 0 saturated heterocycles. The van der Waals surface area contributed by atoms with E-state index >= 15 is 0 Å². The first-order chi connectivity index (χ1) is 5.99. The zero-order valence-corrected chi connectivity index (χ0v) is 8.32. The molecule has 0 bridgehead atoms. The summed E-state index contributed by atoms with van der Waals surface area (Å²) in [5.41, 5.74) is 5.39. The van der Waals surface area contributed by atoms with Crippen LogP contribution in [0.2, 0.25) is 0 Å². The number of hydrogen-bond acceptors (Lipinski definition) is 3. The molecule has 0 aromatic rings. The minimum Gasteiger partial charge on any atom is -0.481 e. The van der Waals surface area contributed by atoms with Gasteiger partial charge in [0, 0.05) is 20.0 Å². The molecule has 6 heteroatoms. The molecule has 5 N–H and O–H groups in total. The number of carbonyl (C=O) groups is 1. The van der Waals surface area contributed by atoms with E-state index in [1.807, 2.05) is 18.7 Å². The van der Waals surface area contributed by atoms with Crippen molar-refractivity contribution in [2.75, 3.05) is 13.1 Å². The molecule has 78 valence electrons. The van der Waals surface area contributed by atoms with Crippen LogP contribution in [0.5, 0.6) is 0 Å². The number of aliphatic carboxylic acids is 1. The summed E-state index contributed by atoms with van der Waals surface area (Å²) < 4.78 is 0. The largest absolute Gasteiger partial charge is 0.481 e. The Morgan fingerprint density at radius 2 is 1.77 bits per heavy atom. The third-order valence-corrected chi connectivity index (χ3v) is 1.22. The maximum Gasteiger partial charge on any atom is 0.300 e. The lowest BCUT2D eigenvalue weighted by Crippen LogP contribution is -2.37. The average molecular weight is 190 g/mol. The molecule has 0 atom stereocenters. The highest BCUT2D eigenvalue weighted by molar-refractivity contribution is 5.77. The van der Waals surface area contributed by atoms with Crippen molar-refractivity contribution in [1.29, 1.82) is 0 Å². The Morgan fingerprint density at radius 3 is 1.85 bits per heavy atom. The fraction of sp³-hybridized carbons (Fsp3) is 0.714. The standard InChI is InChI=1S/C5H14N4.C2H4O2/c1-3-9(4-2)5(6)8-7;1-2(3)4/h3-4,7H2,1-2H3,(H2,6,8);1H3,(H,3,4). The van der Waals surface area contributed by atoms with Crippen LogP contribution in [0.25, 0.3) is 0 Å². The molecule has 0 aliphatic rings. The van der Waals surface area contributed by atoms with E-state index in [0.717, 1.165) is 20.0 Å². The average Bonchev–Trinajstić information content (AvgIpc) is 2.05. The van der Waals surface area contributed by atoms with Crippen molar-refractivity contribution in [2.24, 2.45) is 16.7 Å². The van der Waals surface area contributed by atoms with Crippen LogP contribution in [0.15, 0.2) is 5.10 Å². The summed E-state index contributed by atoms with van der Waals surface area (Å²) in [4.78, 5) is 10.9. The molecular formula is C7H18N4O2. The molecule has 0 heterocycles. The van der Waals surface area contributed by atoms with Gasteiger partial charge in [0.15, 0.2) is 0 Å². The van der Waals surface area contributed by atoms with Gasteiger partial charge < -0.3 is 21.6 Å². The summed E-state index contributed by atoms with van der Waals surface area (Å²) in [5.74, 6) is 4.51. The molecule has 0 aromatic heterocycles. The molecule has 0 amide bonds. The van der Waals surface area contributed by atoms with Gasteiger partial charge in [-0.15, -0.1) is 5.10 Å². The summed E-state index contributed by atoms with van der Waals surface area (Å²) in [7, 11) is 0. The van der Waals surface area contributed by atoms with E-state index in [1.54, 1.807) is 0 Å². The van der Waals surface area contributed by atoms with Crippen LogP contribution in [-0.4, -0.2) is 35.0 Å². The number of carboxylic acid groups (broad SMARTS) is 1. The van der Waals surface area contributed by atoms with Crippen LogP contribution in [-0.2, 0) is 4.79 Å². The lowest BCUT2D eigenvalue weighted by Gasteiger charge is -2.17. The summed E-state index contributed by atoms with van der Waals surface area (Å²) in [6.07, 6.45) is 0. The van der Waals surface area contributed by atoms with E-state index in [2.05, 4.69) is 5.10 Å². The van der Waals surface area contributed by atoms with Crippen LogP contribution >= 0.6 is 0 Å². The van der Waals surface area contributed by atoms with E-state index in [4.69, 9.17) is 21.5 Å². The highest BCUT2D eigenvalue weighted by Gasteiger charge is 1.98. The lowest BCUT2D eigenvalue weighted by atomic mass is 10.5. The van der Waals surface area contributed by atoms with E-state index in [-0.39, 0.29) is 0 Å². The Balaban J connectivity index is 0. The molecule has 0 saturated carbocycles. The van der Waals surface area contributed by atoms with Gasteiger partial charge in [-0.1, -0.05) is 0 Å². The zero-order valence-electron chi connectivity index (χ0n) is 8.32. The Labute approximate surface area is 78.2 Å². The second-order valence-electron chi connectivity index (χ2n) is 2.18. The molecule has 0 fully saturated rings. The van der Waals surface area contributed by atoms with Crippen LogP contribution in [0.3, 0.4) is 0 Å². The Morgan fingerprint density at radius 1 is 1.46 bits per heavy atom. The first kappa shape index (κ1) is 14.1. The van der Waals surface area contributed by atoms with Gasteiger partial charge in [0.25, 0.3) is 5.97 Å². The second kappa shape index (κ2) is 8.63. The highest BCUT2D eigenvalue weighted by Crippen LogP contribution is 1.82. The monoisotopic (exact) mass is 190 g/mol. The quantitative estimate of drug-likeness (QED) is 0.238. The van der Waals surface area contributed by atoms with Gasteiger partial charge in [0.2, 0.25) is 5.96 Å². The minimum atomic E-state index is -0.833. The Kier molecular flexibility index (Phi) is 9.36. The van der Waals surface area contributed by atoms with Crippen LogP contribution in [0, 0.1) is 0 Å². The Hall–Kier alpha value is -1.46. The van der Waals surface area contributed by atoms with Gasteiger partial charge in [-0.2, -0.15) is 0 Å². The second-order valence-corrected chi connectivity index (χ2v) is 2.18. The number of nitrogens with zero attached hydrogens (tertiary/aromatic N) is 2. The van der Waals surface area contributed by atoms with E-state index in [9.17, 15) is 0 Å². The van der Waals surface area contributed by atoms with Crippen molar-refractivity contribution in [1.82, 2.24) is 4.90 Å². The maximum atomic E-state index is 9.00. The van der Waals surface area contributed by atoms with Crippen LogP contribution < -0.4 is 11.6 Å². The number of hydrogen-bond donors (Lipinski definition) is 3. The predicted molar refractivity (Wildman–Crippen MR) is 52.0 cm³/mol. The molecule has 0 aliphatic carbocycles. The molecule has 0 aromatic carbocycles. The van der Waals surface area contributed by atoms with Crippen molar-refractivity contribution >= 4 is 11.9 Å². The molecule has 13 heavy (non-hydrogen) atoms. The topological polar surface area (TPSA) is 105 Å². The van der Waals surface area contributed by atoms with Gasteiger partial charge in [-0.05, 0) is 13.8 Å². The van der Waals surface area contributed by atoms with Crippen LogP contribution in [0.1, 0.15) is 20.8 Å². The van der Waals surface area contributed by atoms with Crippen molar-refractivity contribution in [3.63, 3.8) is 0 Å². The third kappa shape index (κ3) is 10.5. The molecule has 0 radical (unpaired) electrons. The molecule has 0 rings (SSSR count). The number of guanidine groups is 1. The van der Waals surface area contributed by atoms with Crippen molar-refractivity contribution in [3.05, 3.63) is 0 Å². The van der Waals surface area contributed by atoms with Crippen molar-refractivity contribution in [3.8, 4) is 0 Å². The summed E-state index contributed by atoms with van der Waals surface area (Å²) in [5, 5.41) is 10.8.